The molecule has 0 unspecified atom stereocenters. The van der Waals surface area contributed by atoms with E-state index in [1.54, 1.807) is 4.58 Å². The molecule has 1 atom stereocenters. The summed E-state index contributed by atoms with van der Waals surface area (Å²) in [5, 5.41) is 3.83. The van der Waals surface area contributed by atoms with Gasteiger partial charge in [-0.25, -0.2) is 0 Å². The standard InChI is InChI=1S/C24H23F6N5O2/c25-23(26,27)16-8-5-14(6-9-16)3-2-12-36-19-10-7-15(13-17(19)24(28,29)30)20-33-21(37-34-20)18-4-1-11-35(18)22(31)32/h5-10,13,18H,1-4,11-12H2,(H3,31,32)/p+1/t18-/m0/s1. The van der Waals surface area contributed by atoms with Gasteiger partial charge in [-0.2, -0.15) is 31.3 Å². The van der Waals surface area contributed by atoms with Gasteiger partial charge in [0.15, 0.2) is 6.04 Å². The maximum Gasteiger partial charge on any atom is 0.419 e. The summed E-state index contributed by atoms with van der Waals surface area (Å²) in [7, 11) is 0. The van der Waals surface area contributed by atoms with E-state index >= 15 is 0 Å². The van der Waals surface area contributed by atoms with Crippen molar-refractivity contribution in [3.63, 3.8) is 0 Å². The molecule has 2 aromatic carbocycles. The number of guanidine groups is 1. The van der Waals surface area contributed by atoms with E-state index in [1.165, 1.54) is 24.3 Å². The molecule has 1 aliphatic heterocycles. The number of ether oxygens (including phenoxy) is 1. The lowest BCUT2D eigenvalue weighted by Crippen LogP contribution is -2.35. The van der Waals surface area contributed by atoms with Gasteiger partial charge >= 0.3 is 18.3 Å². The minimum atomic E-state index is -4.71. The lowest BCUT2D eigenvalue weighted by atomic mass is 10.1. The number of hydrogen-bond donors (Lipinski definition) is 2. The molecule has 13 heteroatoms. The molecule has 1 fully saturated rings. The van der Waals surface area contributed by atoms with Gasteiger partial charge in [0.1, 0.15) is 5.75 Å². The molecule has 0 saturated carbocycles. The van der Waals surface area contributed by atoms with E-state index < -0.39 is 23.5 Å². The smallest absolute Gasteiger partial charge is 0.419 e. The van der Waals surface area contributed by atoms with Crippen molar-refractivity contribution in [3.8, 4) is 17.1 Å². The normalized spacial score (nSPS) is 16.3. The molecule has 4 N–H and O–H groups in total. The van der Waals surface area contributed by atoms with E-state index in [0.29, 0.717) is 31.4 Å². The SMILES string of the molecule is NC(N)=[N+]1CCC[C@H]1c1nc(-c2ccc(OCCCc3ccc(C(F)(F)F)cc3)c(C(F)(F)F)c2)no1. The van der Waals surface area contributed by atoms with E-state index in [2.05, 4.69) is 10.1 Å². The maximum atomic E-state index is 13.8. The Morgan fingerprint density at radius 2 is 1.76 bits per heavy atom. The molecule has 3 aromatic rings. The summed E-state index contributed by atoms with van der Waals surface area (Å²) in [5.74, 6) is -0.0869. The number of halogens is 6. The second-order valence-corrected chi connectivity index (χ2v) is 8.59. The van der Waals surface area contributed by atoms with Crippen molar-refractivity contribution in [3.05, 3.63) is 65.0 Å². The maximum absolute atomic E-state index is 13.8. The van der Waals surface area contributed by atoms with Crippen molar-refractivity contribution in [2.75, 3.05) is 13.2 Å². The predicted octanol–water partition coefficient (Wildman–Crippen LogP) is 4.91. The Morgan fingerprint density at radius 3 is 2.41 bits per heavy atom. The fraction of sp³-hybridized carbons (Fsp3) is 0.375. The number of nitrogens with two attached hydrogens (primary N) is 2. The van der Waals surface area contributed by atoms with Gasteiger partial charge in [0.25, 0.3) is 5.89 Å². The molecule has 1 aliphatic rings. The van der Waals surface area contributed by atoms with Crippen molar-refractivity contribution in [2.45, 2.75) is 44.1 Å². The monoisotopic (exact) mass is 528 g/mol. The topological polar surface area (TPSA) is 103 Å². The zero-order chi connectivity index (χ0) is 26.8. The molecule has 0 amide bonds. The Hall–Kier alpha value is -3.77. The average molecular weight is 528 g/mol. The molecular formula is C24H24F6N5O2+. The van der Waals surface area contributed by atoms with Crippen LogP contribution in [0.3, 0.4) is 0 Å². The molecule has 0 spiro atoms. The highest BCUT2D eigenvalue weighted by molar-refractivity contribution is 5.70. The number of rotatable bonds is 7. The first kappa shape index (κ1) is 26.3. The van der Waals surface area contributed by atoms with Crippen LogP contribution < -0.4 is 16.2 Å². The van der Waals surface area contributed by atoms with Crippen LogP contribution in [-0.2, 0) is 18.8 Å². The van der Waals surface area contributed by atoms with Crippen LogP contribution in [0, 0.1) is 0 Å². The Balaban J connectivity index is 1.44. The minimum absolute atomic E-state index is 0.0169. The van der Waals surface area contributed by atoms with Crippen LogP contribution in [0.25, 0.3) is 11.4 Å². The molecule has 0 bridgehead atoms. The van der Waals surface area contributed by atoms with Crippen LogP contribution in [-0.4, -0.2) is 33.8 Å². The highest BCUT2D eigenvalue weighted by Gasteiger charge is 2.36. The van der Waals surface area contributed by atoms with E-state index in [4.69, 9.17) is 20.7 Å². The summed E-state index contributed by atoms with van der Waals surface area (Å²) < 4.78 is 91.7. The molecule has 0 radical (unpaired) electrons. The Bertz CT molecular complexity index is 1260. The number of aromatic nitrogens is 2. The molecule has 1 saturated heterocycles. The van der Waals surface area contributed by atoms with Crippen LogP contribution in [0.4, 0.5) is 26.3 Å². The molecule has 4 rings (SSSR count). The molecule has 2 heterocycles. The lowest BCUT2D eigenvalue weighted by Gasteiger charge is -2.15. The largest absolute Gasteiger partial charge is 0.493 e. The third-order valence-corrected chi connectivity index (χ3v) is 6.00. The van der Waals surface area contributed by atoms with Crippen LogP contribution in [0.15, 0.2) is 47.0 Å². The zero-order valence-electron chi connectivity index (χ0n) is 19.4. The van der Waals surface area contributed by atoms with Crippen molar-refractivity contribution in [1.29, 1.82) is 0 Å². The van der Waals surface area contributed by atoms with E-state index in [0.717, 1.165) is 24.6 Å². The second-order valence-electron chi connectivity index (χ2n) is 8.59. The number of alkyl halides is 6. The summed E-state index contributed by atoms with van der Waals surface area (Å²) in [6.45, 7) is 0.540. The van der Waals surface area contributed by atoms with Gasteiger partial charge < -0.3 is 9.26 Å². The highest BCUT2D eigenvalue weighted by atomic mass is 19.4. The number of aryl methyl sites for hydroxylation is 1. The average Bonchev–Trinajstić information content (AvgIpc) is 3.51. The number of nitrogens with zero attached hydrogens (tertiary/aromatic N) is 3. The van der Waals surface area contributed by atoms with Gasteiger partial charge in [-0.05, 0) is 61.6 Å². The van der Waals surface area contributed by atoms with Crippen LogP contribution in [0.1, 0.15) is 47.9 Å². The quantitative estimate of drug-likeness (QED) is 0.196. The van der Waals surface area contributed by atoms with Crippen molar-refractivity contribution in [1.82, 2.24) is 10.1 Å². The van der Waals surface area contributed by atoms with Gasteiger partial charge in [-0.1, -0.05) is 17.3 Å². The summed E-state index contributed by atoms with van der Waals surface area (Å²) >= 11 is 0. The molecule has 7 nitrogen and oxygen atoms in total. The Kier molecular flexibility index (Phi) is 7.32. The van der Waals surface area contributed by atoms with Crippen LogP contribution in [0.5, 0.6) is 5.75 Å². The first-order valence-electron chi connectivity index (χ1n) is 11.4. The number of hydrogen-bond acceptors (Lipinski definition) is 4. The van der Waals surface area contributed by atoms with E-state index in [9.17, 15) is 26.3 Å². The van der Waals surface area contributed by atoms with Gasteiger partial charge in [-0.15, -0.1) is 0 Å². The van der Waals surface area contributed by atoms with E-state index in [1.807, 2.05) is 0 Å². The van der Waals surface area contributed by atoms with Crippen LogP contribution >= 0.6 is 0 Å². The fourth-order valence-electron chi connectivity index (χ4n) is 4.16. The zero-order valence-corrected chi connectivity index (χ0v) is 19.4. The summed E-state index contributed by atoms with van der Waals surface area (Å²) in [4.78, 5) is 4.26. The van der Waals surface area contributed by atoms with Crippen LogP contribution in [0.2, 0.25) is 0 Å². The number of benzene rings is 2. The van der Waals surface area contributed by atoms with Gasteiger partial charge in [0, 0.05) is 5.56 Å². The first-order chi connectivity index (χ1) is 17.4. The van der Waals surface area contributed by atoms with Crippen molar-refractivity contribution < 1.29 is 40.2 Å². The third kappa shape index (κ3) is 6.15. The summed E-state index contributed by atoms with van der Waals surface area (Å²) in [6.07, 6.45) is -7.05. The minimum Gasteiger partial charge on any atom is -0.493 e. The van der Waals surface area contributed by atoms with Gasteiger partial charge in [0.05, 0.1) is 24.3 Å². The van der Waals surface area contributed by atoms with Gasteiger partial charge in [0.2, 0.25) is 5.82 Å². The van der Waals surface area contributed by atoms with E-state index in [-0.39, 0.29) is 41.6 Å². The molecular weight excluding hydrogens is 504 g/mol. The highest BCUT2D eigenvalue weighted by Crippen LogP contribution is 2.39. The van der Waals surface area contributed by atoms with Gasteiger partial charge in [-0.3, -0.25) is 16.0 Å². The summed E-state index contributed by atoms with van der Waals surface area (Å²) in [6, 6.07) is 7.72. The fourth-order valence-corrected chi connectivity index (χ4v) is 4.16. The van der Waals surface area contributed by atoms with Crippen molar-refractivity contribution >= 4 is 5.96 Å². The molecule has 1 aromatic heterocycles. The Labute approximate surface area is 207 Å². The third-order valence-electron chi connectivity index (χ3n) is 6.00. The first-order valence-corrected chi connectivity index (χ1v) is 11.4. The Morgan fingerprint density at radius 1 is 1.03 bits per heavy atom. The predicted molar refractivity (Wildman–Crippen MR) is 120 cm³/mol. The molecule has 0 aliphatic carbocycles. The second kappa shape index (κ2) is 10.3. The molecule has 37 heavy (non-hydrogen) atoms. The summed E-state index contributed by atoms with van der Waals surface area (Å²) in [5.41, 5.74) is 10.3. The lowest BCUT2D eigenvalue weighted by molar-refractivity contribution is -0.555. The van der Waals surface area contributed by atoms with Crippen molar-refractivity contribution in [2.24, 2.45) is 11.5 Å². The molecule has 198 valence electrons.